The SMILES string of the molecule is CC(C)C[C@H]1ON(C(=O)/C=C/c2nc(C#CCCCCCO)cs2)[C@H]2CN(C3CN(CCCCO)C3)C(=O)[C@H](CC(C)(C)C)N2C1=O. The van der Waals surface area contributed by atoms with Crippen LogP contribution in [0.1, 0.15) is 96.7 Å². The largest absolute Gasteiger partial charge is 0.396 e. The number of hydroxylamine groups is 2. The molecule has 0 spiro atoms. The highest BCUT2D eigenvalue weighted by molar-refractivity contribution is 7.10. The van der Waals surface area contributed by atoms with Crippen LogP contribution < -0.4 is 0 Å². The molecule has 0 unspecified atom stereocenters. The monoisotopic (exact) mass is 671 g/mol. The predicted octanol–water partition coefficient (Wildman–Crippen LogP) is 3.51. The summed E-state index contributed by atoms with van der Waals surface area (Å²) in [4.78, 5) is 58.6. The molecule has 3 aliphatic rings. The molecule has 3 fully saturated rings. The molecular formula is C35H53N5O6S. The van der Waals surface area contributed by atoms with E-state index in [1.54, 1.807) is 11.0 Å². The summed E-state index contributed by atoms with van der Waals surface area (Å²) >= 11 is 1.39. The number of thiazole rings is 1. The van der Waals surface area contributed by atoms with Crippen molar-refractivity contribution in [1.29, 1.82) is 0 Å². The fourth-order valence-corrected chi connectivity index (χ4v) is 6.95. The number of carbonyl (C=O) groups is 3. The molecule has 11 nitrogen and oxygen atoms in total. The normalized spacial score (nSPS) is 22.6. The first kappa shape index (κ1) is 37.0. The molecule has 3 atom stereocenters. The van der Waals surface area contributed by atoms with Gasteiger partial charge in [0, 0.05) is 44.2 Å². The Labute approximate surface area is 283 Å². The summed E-state index contributed by atoms with van der Waals surface area (Å²) in [6.07, 6.45) is 7.38. The minimum atomic E-state index is -0.866. The number of aliphatic hydroxyl groups excluding tert-OH is 2. The average Bonchev–Trinajstić information content (AvgIpc) is 3.44. The Morgan fingerprint density at radius 1 is 1.09 bits per heavy atom. The molecule has 47 heavy (non-hydrogen) atoms. The number of likely N-dealkylation sites (tertiary alicyclic amines) is 1. The van der Waals surface area contributed by atoms with Crippen LogP contribution in [0.5, 0.6) is 0 Å². The van der Waals surface area contributed by atoms with E-state index in [-0.39, 0.29) is 48.9 Å². The highest BCUT2D eigenvalue weighted by atomic mass is 32.1. The summed E-state index contributed by atoms with van der Waals surface area (Å²) < 4.78 is 0. The summed E-state index contributed by atoms with van der Waals surface area (Å²) in [7, 11) is 0. The average molecular weight is 672 g/mol. The van der Waals surface area contributed by atoms with Crippen LogP contribution in [-0.4, -0.2) is 116 Å². The van der Waals surface area contributed by atoms with E-state index in [2.05, 4.69) is 42.5 Å². The fraction of sp³-hybridized carbons (Fsp3) is 0.714. The van der Waals surface area contributed by atoms with Crippen molar-refractivity contribution in [2.75, 3.05) is 39.4 Å². The second-order valence-electron chi connectivity index (χ2n) is 14.5. The molecule has 0 radical (unpaired) electrons. The molecule has 1 aromatic rings. The molecule has 2 N–H and O–H groups in total. The van der Waals surface area contributed by atoms with Crippen LogP contribution in [-0.2, 0) is 19.2 Å². The van der Waals surface area contributed by atoms with Gasteiger partial charge >= 0.3 is 0 Å². The summed E-state index contributed by atoms with van der Waals surface area (Å²) in [6.45, 7) is 13.1. The predicted molar refractivity (Wildman–Crippen MR) is 182 cm³/mol. The van der Waals surface area contributed by atoms with Gasteiger partial charge in [-0.3, -0.25) is 24.1 Å². The third-order valence-corrected chi connectivity index (χ3v) is 9.47. The smallest absolute Gasteiger partial charge is 0.272 e. The Morgan fingerprint density at radius 3 is 2.49 bits per heavy atom. The maximum Gasteiger partial charge on any atom is 0.272 e. The number of hydrogen-bond acceptors (Lipinski definition) is 9. The lowest BCUT2D eigenvalue weighted by Crippen LogP contribution is -2.76. The number of nitrogens with zero attached hydrogens (tertiary/aromatic N) is 5. The van der Waals surface area contributed by atoms with Crippen LogP contribution in [0.2, 0.25) is 0 Å². The summed E-state index contributed by atoms with van der Waals surface area (Å²) in [5, 5.41) is 21.9. The van der Waals surface area contributed by atoms with Crippen molar-refractivity contribution in [3.05, 3.63) is 22.2 Å². The van der Waals surface area contributed by atoms with Crippen molar-refractivity contribution in [1.82, 2.24) is 24.7 Å². The Hall–Kier alpha value is -2.82. The van der Waals surface area contributed by atoms with E-state index in [4.69, 9.17) is 15.1 Å². The lowest BCUT2D eigenvalue weighted by molar-refractivity contribution is -0.276. The molecule has 0 aliphatic carbocycles. The van der Waals surface area contributed by atoms with Gasteiger partial charge in [0.05, 0.1) is 12.6 Å². The molecule has 4 heterocycles. The van der Waals surface area contributed by atoms with Crippen LogP contribution in [0.3, 0.4) is 0 Å². The Balaban J connectivity index is 1.55. The van der Waals surface area contributed by atoms with E-state index < -0.39 is 24.2 Å². The van der Waals surface area contributed by atoms with E-state index in [0.717, 1.165) is 58.2 Å². The van der Waals surface area contributed by atoms with Crippen molar-refractivity contribution in [2.24, 2.45) is 11.3 Å². The van der Waals surface area contributed by atoms with Crippen LogP contribution in [0.15, 0.2) is 11.5 Å². The molecule has 260 valence electrons. The number of aliphatic hydroxyl groups is 2. The highest BCUT2D eigenvalue weighted by Crippen LogP contribution is 2.36. The minimum absolute atomic E-state index is 0.0123. The van der Waals surface area contributed by atoms with Gasteiger partial charge in [0.2, 0.25) is 5.91 Å². The van der Waals surface area contributed by atoms with Gasteiger partial charge in [0.15, 0.2) is 12.3 Å². The van der Waals surface area contributed by atoms with Crippen LogP contribution in [0.25, 0.3) is 6.08 Å². The van der Waals surface area contributed by atoms with Crippen molar-refractivity contribution in [3.8, 4) is 11.8 Å². The molecule has 3 saturated heterocycles. The van der Waals surface area contributed by atoms with Gasteiger partial charge in [-0.05, 0) is 68.4 Å². The summed E-state index contributed by atoms with van der Waals surface area (Å²) in [6, 6.07) is -0.715. The van der Waals surface area contributed by atoms with Crippen LogP contribution in [0.4, 0.5) is 0 Å². The summed E-state index contributed by atoms with van der Waals surface area (Å²) in [5.41, 5.74) is 0.403. The molecule has 0 saturated carbocycles. The maximum atomic E-state index is 14.2. The third-order valence-electron chi connectivity index (χ3n) is 8.66. The highest BCUT2D eigenvalue weighted by Gasteiger charge is 2.55. The molecule has 12 heteroatoms. The van der Waals surface area contributed by atoms with Gasteiger partial charge in [-0.2, -0.15) is 5.06 Å². The van der Waals surface area contributed by atoms with Crippen molar-refractivity contribution in [3.63, 3.8) is 0 Å². The van der Waals surface area contributed by atoms with E-state index in [0.29, 0.717) is 23.5 Å². The Kier molecular flexibility index (Phi) is 13.4. The molecule has 1 aromatic heterocycles. The minimum Gasteiger partial charge on any atom is -0.396 e. The quantitative estimate of drug-likeness (QED) is 0.175. The van der Waals surface area contributed by atoms with E-state index in [1.165, 1.54) is 22.5 Å². The molecule has 4 rings (SSSR count). The van der Waals surface area contributed by atoms with E-state index in [1.807, 2.05) is 24.1 Å². The molecule has 0 bridgehead atoms. The molecular weight excluding hydrogens is 618 g/mol. The standard InChI is InChI=1S/C35H53N5O6S/c1-25(2)19-29-34(45)39-28(20-35(3,4)5)33(44)38(27-21-37(22-27)16-10-12-18-42)23-31(39)40(46-29)32(43)15-14-30-36-26(24-47-30)13-9-7-6-8-11-17-41/h14-15,24-25,27-29,31,41-42H,6-8,10-12,16-23H2,1-5H3/b15-14+/t28-,29+,31-/m0/s1. The lowest BCUT2D eigenvalue weighted by atomic mass is 9.84. The number of unbranched alkanes of at least 4 members (excludes halogenated alkanes) is 4. The van der Waals surface area contributed by atoms with Crippen LogP contribution in [0, 0.1) is 23.2 Å². The van der Waals surface area contributed by atoms with Gasteiger partial charge in [0.25, 0.3) is 11.8 Å². The number of rotatable bonds is 14. The van der Waals surface area contributed by atoms with E-state index in [9.17, 15) is 14.4 Å². The first-order valence-electron chi connectivity index (χ1n) is 17.1. The zero-order valence-electron chi connectivity index (χ0n) is 28.7. The van der Waals surface area contributed by atoms with Crippen molar-refractivity contribution < 1.29 is 29.4 Å². The first-order chi connectivity index (χ1) is 22.4. The maximum absolute atomic E-state index is 14.2. The number of amides is 3. The fourth-order valence-electron chi connectivity index (χ4n) is 6.31. The Morgan fingerprint density at radius 2 is 1.81 bits per heavy atom. The second kappa shape index (κ2) is 17.0. The zero-order valence-corrected chi connectivity index (χ0v) is 29.5. The topological polar surface area (TPSA) is 127 Å². The molecule has 3 amide bonds. The second-order valence-corrected chi connectivity index (χ2v) is 15.4. The zero-order chi connectivity index (χ0) is 34.1. The van der Waals surface area contributed by atoms with Crippen molar-refractivity contribution in [2.45, 2.75) is 110 Å². The van der Waals surface area contributed by atoms with Gasteiger partial charge in [0.1, 0.15) is 16.7 Å². The lowest BCUT2D eigenvalue weighted by Gasteiger charge is -2.57. The number of piperazine rings is 1. The van der Waals surface area contributed by atoms with Gasteiger partial charge < -0.3 is 20.0 Å². The van der Waals surface area contributed by atoms with Gasteiger partial charge in [-0.25, -0.2) is 4.98 Å². The number of fused-ring (bicyclic) bond motifs is 1. The van der Waals surface area contributed by atoms with Crippen LogP contribution >= 0.6 is 11.3 Å². The summed E-state index contributed by atoms with van der Waals surface area (Å²) in [5.74, 6) is 5.61. The number of carbonyl (C=O) groups excluding carboxylic acids is 3. The van der Waals surface area contributed by atoms with Crippen molar-refractivity contribution >= 4 is 35.1 Å². The molecule has 3 aliphatic heterocycles. The third kappa shape index (κ3) is 10.1. The molecule has 0 aromatic carbocycles. The number of aromatic nitrogens is 1. The van der Waals surface area contributed by atoms with E-state index >= 15 is 0 Å². The first-order valence-corrected chi connectivity index (χ1v) is 18.0. The Bertz CT molecular complexity index is 1310. The van der Waals surface area contributed by atoms with Gasteiger partial charge in [-0.15, -0.1) is 11.3 Å². The number of hydrogen-bond donors (Lipinski definition) is 2. The van der Waals surface area contributed by atoms with Gasteiger partial charge in [-0.1, -0.05) is 47.0 Å².